The highest BCUT2D eigenvalue weighted by Crippen LogP contribution is 2.25. The van der Waals surface area contributed by atoms with Gasteiger partial charge in [0.25, 0.3) is 0 Å². The summed E-state index contributed by atoms with van der Waals surface area (Å²) in [4.78, 5) is 18.8. The predicted octanol–water partition coefficient (Wildman–Crippen LogP) is 2.69. The maximum absolute atomic E-state index is 11.3. The molecule has 0 fully saturated rings. The van der Waals surface area contributed by atoms with Crippen LogP contribution in [0.25, 0.3) is 0 Å². The molecule has 0 aromatic carbocycles. The number of halogens is 2. The Morgan fingerprint density at radius 2 is 2.07 bits per heavy atom. The largest absolute Gasteiger partial charge is 0.321 e. The van der Waals surface area contributed by atoms with E-state index in [-0.39, 0.29) is 21.9 Å². The number of hydrogen-bond donors (Lipinski definition) is 1. The van der Waals surface area contributed by atoms with Crippen LogP contribution in [0.5, 0.6) is 0 Å². The van der Waals surface area contributed by atoms with E-state index in [0.717, 1.165) is 0 Å². The second-order valence-electron chi connectivity index (χ2n) is 2.71. The van der Waals surface area contributed by atoms with Crippen LogP contribution in [0, 0.1) is 0 Å². The fraction of sp³-hybridized carbons (Fsp3) is 0.222. The molecule has 1 rings (SSSR count). The number of carbonyl (C=O) groups excluding carboxylic acids is 1. The molecule has 4 nitrogen and oxygen atoms in total. The van der Waals surface area contributed by atoms with Crippen LogP contribution < -0.4 is 5.32 Å². The zero-order valence-electron chi connectivity index (χ0n) is 7.83. The minimum absolute atomic E-state index is 0.127. The first kappa shape index (κ1) is 11.9. The van der Waals surface area contributed by atoms with Crippen molar-refractivity contribution in [2.24, 2.45) is 0 Å². The van der Waals surface area contributed by atoms with Crippen LogP contribution in [0.4, 0.5) is 5.69 Å². The Hall–Kier alpha value is -1.13. The third-order valence-corrected chi connectivity index (χ3v) is 2.17. The molecule has 0 saturated carbocycles. The Balaban J connectivity index is 2.71. The van der Waals surface area contributed by atoms with Crippen LogP contribution in [0.2, 0.25) is 10.3 Å². The van der Waals surface area contributed by atoms with Crippen molar-refractivity contribution in [1.82, 2.24) is 9.97 Å². The van der Waals surface area contributed by atoms with Gasteiger partial charge in [0.1, 0.15) is 12.0 Å². The van der Waals surface area contributed by atoms with Crippen molar-refractivity contribution < 1.29 is 4.79 Å². The Kier molecular flexibility index (Phi) is 4.52. The molecule has 0 spiro atoms. The molecule has 1 aromatic rings. The molecule has 0 aliphatic carbocycles. The van der Waals surface area contributed by atoms with E-state index in [1.807, 2.05) is 0 Å². The van der Waals surface area contributed by atoms with Crippen LogP contribution in [0.15, 0.2) is 19.0 Å². The molecule has 0 saturated heterocycles. The minimum atomic E-state index is -0.200. The lowest BCUT2D eigenvalue weighted by atomic mass is 10.3. The molecule has 6 heteroatoms. The summed E-state index contributed by atoms with van der Waals surface area (Å²) < 4.78 is 0. The summed E-state index contributed by atoms with van der Waals surface area (Å²) in [6.07, 6.45) is 3.80. The molecule has 0 radical (unpaired) electrons. The second-order valence-corrected chi connectivity index (χ2v) is 3.42. The Bertz CT molecular complexity index is 361. The number of anilines is 1. The molecule has 80 valence electrons. The quantitative estimate of drug-likeness (QED) is 0.656. The number of allylic oxidation sites excluding steroid dienone is 1. The van der Waals surface area contributed by atoms with Crippen molar-refractivity contribution >= 4 is 34.8 Å². The Morgan fingerprint density at radius 3 is 2.60 bits per heavy atom. The molecular formula is C9H9Cl2N3O. The van der Waals surface area contributed by atoms with Crippen LogP contribution in [-0.2, 0) is 4.79 Å². The van der Waals surface area contributed by atoms with E-state index in [1.54, 1.807) is 6.08 Å². The van der Waals surface area contributed by atoms with Crippen molar-refractivity contribution in [3.8, 4) is 0 Å². The molecule has 15 heavy (non-hydrogen) atoms. The van der Waals surface area contributed by atoms with Gasteiger partial charge in [-0.1, -0.05) is 29.3 Å². The minimum Gasteiger partial charge on any atom is -0.321 e. The predicted molar refractivity (Wildman–Crippen MR) is 60.1 cm³/mol. The second kappa shape index (κ2) is 5.68. The Morgan fingerprint density at radius 1 is 1.47 bits per heavy atom. The van der Waals surface area contributed by atoms with Crippen molar-refractivity contribution in [2.75, 3.05) is 5.32 Å². The zero-order valence-corrected chi connectivity index (χ0v) is 9.35. The number of rotatable bonds is 4. The van der Waals surface area contributed by atoms with Gasteiger partial charge in [-0.05, 0) is 6.42 Å². The number of amides is 1. The molecule has 0 atom stereocenters. The van der Waals surface area contributed by atoms with E-state index >= 15 is 0 Å². The molecular weight excluding hydrogens is 237 g/mol. The first-order valence-electron chi connectivity index (χ1n) is 4.22. The van der Waals surface area contributed by atoms with Gasteiger partial charge in [0.15, 0.2) is 10.3 Å². The maximum atomic E-state index is 11.3. The van der Waals surface area contributed by atoms with Crippen LogP contribution in [-0.4, -0.2) is 15.9 Å². The Labute approximate surface area is 97.3 Å². The molecule has 1 heterocycles. The lowest BCUT2D eigenvalue weighted by molar-refractivity contribution is -0.116. The van der Waals surface area contributed by atoms with E-state index in [0.29, 0.717) is 12.8 Å². The number of nitrogens with one attached hydrogen (secondary N) is 1. The fourth-order valence-electron chi connectivity index (χ4n) is 0.883. The average molecular weight is 246 g/mol. The third-order valence-electron chi connectivity index (χ3n) is 1.59. The van der Waals surface area contributed by atoms with Gasteiger partial charge < -0.3 is 5.32 Å². The number of carbonyl (C=O) groups is 1. The maximum Gasteiger partial charge on any atom is 0.224 e. The molecule has 1 N–H and O–H groups in total. The summed E-state index contributed by atoms with van der Waals surface area (Å²) >= 11 is 11.5. The van der Waals surface area contributed by atoms with E-state index < -0.39 is 0 Å². The summed E-state index contributed by atoms with van der Waals surface area (Å²) in [5.41, 5.74) is 0.245. The highest BCUT2D eigenvalue weighted by molar-refractivity contribution is 6.38. The van der Waals surface area contributed by atoms with Gasteiger partial charge in [0, 0.05) is 6.42 Å². The molecule has 0 aliphatic rings. The third kappa shape index (κ3) is 3.49. The molecule has 0 unspecified atom stereocenters. The lowest BCUT2D eigenvalue weighted by Crippen LogP contribution is -2.12. The molecule has 1 aromatic heterocycles. The van der Waals surface area contributed by atoms with Crippen molar-refractivity contribution in [1.29, 1.82) is 0 Å². The van der Waals surface area contributed by atoms with Gasteiger partial charge in [-0.2, -0.15) is 0 Å². The van der Waals surface area contributed by atoms with Crippen LogP contribution >= 0.6 is 23.2 Å². The monoisotopic (exact) mass is 245 g/mol. The summed E-state index contributed by atoms with van der Waals surface area (Å²) in [6, 6.07) is 0. The topological polar surface area (TPSA) is 54.9 Å². The molecule has 0 aliphatic heterocycles. The van der Waals surface area contributed by atoms with Crippen LogP contribution in [0.1, 0.15) is 12.8 Å². The number of hydrogen-bond acceptors (Lipinski definition) is 3. The summed E-state index contributed by atoms with van der Waals surface area (Å²) in [5.74, 6) is -0.200. The molecule has 0 bridgehead atoms. The average Bonchev–Trinajstić information content (AvgIpc) is 2.21. The van der Waals surface area contributed by atoms with E-state index in [1.165, 1.54) is 6.33 Å². The fourth-order valence-corrected chi connectivity index (χ4v) is 1.29. The van der Waals surface area contributed by atoms with Gasteiger partial charge in [-0.3, -0.25) is 4.79 Å². The first-order chi connectivity index (χ1) is 7.15. The molecule has 1 amide bonds. The number of aromatic nitrogens is 2. The van der Waals surface area contributed by atoms with Gasteiger partial charge >= 0.3 is 0 Å². The van der Waals surface area contributed by atoms with Gasteiger partial charge in [0.2, 0.25) is 5.91 Å². The SMILES string of the molecule is C=CCCC(=O)Nc1c(Cl)ncnc1Cl. The summed E-state index contributed by atoms with van der Waals surface area (Å²) in [7, 11) is 0. The van der Waals surface area contributed by atoms with E-state index in [2.05, 4.69) is 21.9 Å². The standard InChI is InChI=1S/C9H9Cl2N3O/c1-2-3-4-6(15)14-7-8(10)12-5-13-9(7)11/h2,5H,1,3-4H2,(H,14,15). The number of nitrogens with zero attached hydrogens (tertiary/aromatic N) is 2. The van der Waals surface area contributed by atoms with Crippen molar-refractivity contribution in [2.45, 2.75) is 12.8 Å². The van der Waals surface area contributed by atoms with Crippen molar-refractivity contribution in [3.63, 3.8) is 0 Å². The van der Waals surface area contributed by atoms with Crippen LogP contribution in [0.3, 0.4) is 0 Å². The van der Waals surface area contributed by atoms with Gasteiger partial charge in [-0.25, -0.2) is 9.97 Å². The smallest absolute Gasteiger partial charge is 0.224 e. The zero-order chi connectivity index (χ0) is 11.3. The normalized spacial score (nSPS) is 9.73. The first-order valence-corrected chi connectivity index (χ1v) is 4.97. The van der Waals surface area contributed by atoms with E-state index in [4.69, 9.17) is 23.2 Å². The van der Waals surface area contributed by atoms with Crippen molar-refractivity contribution in [3.05, 3.63) is 29.3 Å². The lowest BCUT2D eigenvalue weighted by Gasteiger charge is -2.06. The summed E-state index contributed by atoms with van der Waals surface area (Å²) in [5, 5.41) is 2.79. The van der Waals surface area contributed by atoms with Gasteiger partial charge in [-0.15, -0.1) is 6.58 Å². The summed E-state index contributed by atoms with van der Waals surface area (Å²) in [6.45, 7) is 3.52. The highest BCUT2D eigenvalue weighted by atomic mass is 35.5. The van der Waals surface area contributed by atoms with E-state index in [9.17, 15) is 4.79 Å². The highest BCUT2D eigenvalue weighted by Gasteiger charge is 2.10. The van der Waals surface area contributed by atoms with Gasteiger partial charge in [0.05, 0.1) is 0 Å².